The molecule has 0 aliphatic carbocycles. The van der Waals surface area contributed by atoms with Gasteiger partial charge in [0.15, 0.2) is 0 Å². The van der Waals surface area contributed by atoms with E-state index in [-0.39, 0.29) is 23.6 Å². The molecular formula is C15H20F2N2O3S. The summed E-state index contributed by atoms with van der Waals surface area (Å²) in [7, 11) is -4.46. The quantitative estimate of drug-likeness (QED) is 0.900. The van der Waals surface area contributed by atoms with Crippen molar-refractivity contribution < 1.29 is 22.0 Å². The van der Waals surface area contributed by atoms with Gasteiger partial charge in [0.2, 0.25) is 9.84 Å². The van der Waals surface area contributed by atoms with Crippen LogP contribution in [-0.4, -0.2) is 50.2 Å². The van der Waals surface area contributed by atoms with Crippen LogP contribution in [0.15, 0.2) is 24.3 Å². The Morgan fingerprint density at radius 1 is 1.30 bits per heavy atom. The fraction of sp³-hybridized carbons (Fsp3) is 0.533. The minimum Gasteiger partial charge on any atom is -0.333 e. The van der Waals surface area contributed by atoms with E-state index in [1.807, 2.05) is 13.8 Å². The first kappa shape index (κ1) is 17.8. The Hall–Kier alpha value is -1.54. The van der Waals surface area contributed by atoms with E-state index < -0.39 is 21.3 Å². The number of sulfone groups is 1. The summed E-state index contributed by atoms with van der Waals surface area (Å²) < 4.78 is 47.2. The van der Waals surface area contributed by atoms with Gasteiger partial charge in [0.1, 0.15) is 0 Å². The number of hydrogen-bond acceptors (Lipinski definition) is 4. The van der Waals surface area contributed by atoms with E-state index in [9.17, 15) is 22.0 Å². The van der Waals surface area contributed by atoms with Crippen molar-refractivity contribution in [2.45, 2.75) is 37.4 Å². The molecule has 0 saturated carbocycles. The highest BCUT2D eigenvalue weighted by Gasteiger charge is 2.29. The molecule has 5 nitrogen and oxygen atoms in total. The number of nitrogens with zero attached hydrogens (tertiary/aromatic N) is 1. The SMILES string of the molecule is CC1NCCN(C(=O)c2ccc(CS(=O)(=O)C(F)F)cc2)C1C. The van der Waals surface area contributed by atoms with Gasteiger partial charge in [-0.15, -0.1) is 0 Å². The van der Waals surface area contributed by atoms with Crippen LogP contribution in [0, 0.1) is 0 Å². The van der Waals surface area contributed by atoms with Gasteiger partial charge in [-0.3, -0.25) is 4.79 Å². The van der Waals surface area contributed by atoms with Crippen molar-refractivity contribution in [1.82, 2.24) is 10.2 Å². The second kappa shape index (κ2) is 6.92. The second-order valence-corrected chi connectivity index (χ2v) is 7.72. The molecule has 1 aliphatic heterocycles. The predicted molar refractivity (Wildman–Crippen MR) is 83.0 cm³/mol. The van der Waals surface area contributed by atoms with Crippen molar-refractivity contribution in [1.29, 1.82) is 0 Å². The summed E-state index contributed by atoms with van der Waals surface area (Å²) in [5.74, 6) is -4.28. The number of carbonyl (C=O) groups is 1. The number of nitrogens with one attached hydrogen (secondary N) is 1. The molecule has 2 atom stereocenters. The topological polar surface area (TPSA) is 66.5 Å². The zero-order valence-electron chi connectivity index (χ0n) is 13.0. The summed E-state index contributed by atoms with van der Waals surface area (Å²) in [6.45, 7) is 5.26. The highest BCUT2D eigenvalue weighted by Crippen LogP contribution is 2.17. The van der Waals surface area contributed by atoms with Gasteiger partial charge in [0.05, 0.1) is 5.75 Å². The Labute approximate surface area is 134 Å². The van der Waals surface area contributed by atoms with Gasteiger partial charge in [0.25, 0.3) is 5.91 Å². The Morgan fingerprint density at radius 3 is 2.48 bits per heavy atom. The van der Waals surface area contributed by atoms with Crippen LogP contribution in [0.1, 0.15) is 29.8 Å². The normalized spacial score (nSPS) is 22.4. The third-order valence-electron chi connectivity index (χ3n) is 4.14. The third kappa shape index (κ3) is 4.06. The van der Waals surface area contributed by atoms with Crippen molar-refractivity contribution in [3.63, 3.8) is 0 Å². The maximum atomic E-state index is 12.5. The molecule has 8 heteroatoms. The highest BCUT2D eigenvalue weighted by atomic mass is 32.2. The first-order valence-electron chi connectivity index (χ1n) is 7.35. The Balaban J connectivity index is 2.12. The standard InChI is InChI=1S/C15H20F2N2O3S/c1-10-11(2)19(8-7-18-10)14(20)13-5-3-12(4-6-13)9-23(21,22)15(16)17/h3-6,10-11,15,18H,7-9H2,1-2H3. The summed E-state index contributed by atoms with van der Waals surface area (Å²) >= 11 is 0. The summed E-state index contributed by atoms with van der Waals surface area (Å²) in [4.78, 5) is 14.3. The van der Waals surface area contributed by atoms with Crippen LogP contribution in [0.25, 0.3) is 0 Å². The van der Waals surface area contributed by atoms with Crippen LogP contribution in [-0.2, 0) is 15.6 Å². The van der Waals surface area contributed by atoms with Crippen LogP contribution in [0.5, 0.6) is 0 Å². The number of amides is 1. The fourth-order valence-electron chi connectivity index (χ4n) is 2.55. The minimum absolute atomic E-state index is 0.0372. The Kier molecular flexibility index (Phi) is 5.36. The molecule has 128 valence electrons. The second-order valence-electron chi connectivity index (χ2n) is 5.75. The molecule has 2 rings (SSSR count). The molecule has 2 unspecified atom stereocenters. The van der Waals surface area contributed by atoms with Crippen LogP contribution in [0.3, 0.4) is 0 Å². The van der Waals surface area contributed by atoms with E-state index in [0.717, 1.165) is 0 Å². The lowest BCUT2D eigenvalue weighted by molar-refractivity contribution is 0.0603. The zero-order chi connectivity index (χ0) is 17.2. The van der Waals surface area contributed by atoms with Gasteiger partial charge in [0, 0.05) is 30.7 Å². The summed E-state index contributed by atoms with van der Waals surface area (Å²) in [5.41, 5.74) is 0.660. The largest absolute Gasteiger partial charge is 0.337 e. The van der Waals surface area contributed by atoms with Gasteiger partial charge < -0.3 is 10.2 Å². The first-order valence-corrected chi connectivity index (χ1v) is 9.07. The van der Waals surface area contributed by atoms with E-state index in [0.29, 0.717) is 18.7 Å². The van der Waals surface area contributed by atoms with Gasteiger partial charge in [-0.05, 0) is 31.5 Å². The number of alkyl halides is 2. The molecule has 1 saturated heterocycles. The van der Waals surface area contributed by atoms with Crippen LogP contribution in [0.4, 0.5) is 8.78 Å². The molecule has 0 spiro atoms. The molecule has 1 amide bonds. The van der Waals surface area contributed by atoms with E-state index in [4.69, 9.17) is 0 Å². The Morgan fingerprint density at radius 2 is 1.91 bits per heavy atom. The minimum atomic E-state index is -4.46. The molecule has 1 heterocycles. The van der Waals surface area contributed by atoms with Crippen molar-refractivity contribution in [2.24, 2.45) is 0 Å². The lowest BCUT2D eigenvalue weighted by Gasteiger charge is -2.38. The number of carbonyl (C=O) groups excluding carboxylic acids is 1. The van der Waals surface area contributed by atoms with Crippen LogP contribution >= 0.6 is 0 Å². The number of rotatable bonds is 4. The maximum Gasteiger partial charge on any atom is 0.337 e. The maximum absolute atomic E-state index is 12.5. The van der Waals surface area contributed by atoms with Crippen molar-refractivity contribution in [3.05, 3.63) is 35.4 Å². The molecule has 1 aliphatic rings. The lowest BCUT2D eigenvalue weighted by Crippen LogP contribution is -2.57. The molecule has 1 aromatic carbocycles. The average molecular weight is 346 g/mol. The molecule has 1 aromatic rings. The lowest BCUT2D eigenvalue weighted by atomic mass is 10.0. The summed E-state index contributed by atoms with van der Waals surface area (Å²) in [5, 5.41) is 3.28. The van der Waals surface area contributed by atoms with Crippen LogP contribution < -0.4 is 5.32 Å². The van der Waals surface area contributed by atoms with Crippen molar-refractivity contribution in [2.75, 3.05) is 13.1 Å². The Bertz CT molecular complexity index is 662. The van der Waals surface area contributed by atoms with E-state index in [1.165, 1.54) is 24.3 Å². The first-order chi connectivity index (χ1) is 10.7. The monoisotopic (exact) mass is 346 g/mol. The summed E-state index contributed by atoms with van der Waals surface area (Å²) in [6, 6.07) is 6.00. The van der Waals surface area contributed by atoms with Crippen molar-refractivity contribution >= 4 is 15.7 Å². The molecule has 0 aromatic heterocycles. The number of hydrogen-bond donors (Lipinski definition) is 1. The van der Waals surface area contributed by atoms with Gasteiger partial charge in [-0.1, -0.05) is 12.1 Å². The van der Waals surface area contributed by atoms with Crippen molar-refractivity contribution in [3.8, 4) is 0 Å². The summed E-state index contributed by atoms with van der Waals surface area (Å²) in [6.07, 6.45) is 0. The number of halogens is 2. The van der Waals surface area contributed by atoms with Crippen LogP contribution in [0.2, 0.25) is 0 Å². The molecule has 23 heavy (non-hydrogen) atoms. The zero-order valence-corrected chi connectivity index (χ0v) is 13.8. The molecule has 0 radical (unpaired) electrons. The average Bonchev–Trinajstić information content (AvgIpc) is 2.49. The predicted octanol–water partition coefficient (Wildman–Crippen LogP) is 1.65. The van der Waals surface area contributed by atoms with E-state index >= 15 is 0 Å². The van der Waals surface area contributed by atoms with Gasteiger partial charge in [-0.2, -0.15) is 8.78 Å². The molecule has 1 fully saturated rings. The third-order valence-corrected chi connectivity index (χ3v) is 5.41. The van der Waals surface area contributed by atoms with Gasteiger partial charge >= 0.3 is 5.76 Å². The molecular weight excluding hydrogens is 326 g/mol. The fourth-order valence-corrected chi connectivity index (χ4v) is 3.33. The smallest absolute Gasteiger partial charge is 0.333 e. The van der Waals surface area contributed by atoms with E-state index in [2.05, 4.69) is 5.32 Å². The molecule has 1 N–H and O–H groups in total. The van der Waals surface area contributed by atoms with E-state index in [1.54, 1.807) is 4.90 Å². The van der Waals surface area contributed by atoms with Gasteiger partial charge in [-0.25, -0.2) is 8.42 Å². The number of benzene rings is 1. The molecule has 0 bridgehead atoms. The highest BCUT2D eigenvalue weighted by molar-refractivity contribution is 7.90. The number of piperazine rings is 1.